The summed E-state index contributed by atoms with van der Waals surface area (Å²) < 4.78 is 16.4. The Kier molecular flexibility index (Phi) is 9.53. The van der Waals surface area contributed by atoms with Gasteiger partial charge in [0.1, 0.15) is 17.4 Å². The lowest BCUT2D eigenvalue weighted by atomic mass is 10.1. The number of hydrogen-bond acceptors (Lipinski definition) is 6. The number of halogens is 1. The lowest BCUT2D eigenvalue weighted by Crippen LogP contribution is -2.20. The Labute approximate surface area is 220 Å². The molecule has 3 aromatic carbocycles. The van der Waals surface area contributed by atoms with Gasteiger partial charge in [0, 0.05) is 11.4 Å². The summed E-state index contributed by atoms with van der Waals surface area (Å²) in [4.78, 5) is 25.0. The van der Waals surface area contributed by atoms with E-state index >= 15 is 0 Å². The fraction of sp³-hybridized carbons (Fsp3) is 0.179. The molecule has 0 bridgehead atoms. The van der Waals surface area contributed by atoms with E-state index in [0.717, 1.165) is 5.56 Å². The topological polar surface area (TPSA) is 110 Å². The number of aryl methyl sites for hydroxylation is 1. The monoisotopic (exact) mass is 519 g/mol. The third-order valence-electron chi connectivity index (χ3n) is 5.04. The molecule has 0 aliphatic heterocycles. The number of carbonyl (C=O) groups excluding carboxylic acids is 2. The fourth-order valence-electron chi connectivity index (χ4n) is 3.23. The summed E-state index contributed by atoms with van der Waals surface area (Å²) in [6.45, 7) is 3.71. The fourth-order valence-corrected chi connectivity index (χ4v) is 3.51. The molecule has 0 heterocycles. The van der Waals surface area contributed by atoms with Gasteiger partial charge in [0.15, 0.2) is 18.1 Å². The lowest BCUT2D eigenvalue weighted by Gasteiger charge is -2.15. The van der Waals surface area contributed by atoms with E-state index in [2.05, 4.69) is 10.6 Å². The molecule has 9 heteroatoms. The molecule has 0 fully saturated rings. The Morgan fingerprint density at radius 1 is 1.00 bits per heavy atom. The number of methoxy groups -OCH3 is 1. The minimum atomic E-state index is -0.559. The van der Waals surface area contributed by atoms with Crippen LogP contribution in [0.15, 0.2) is 66.2 Å². The number of hydrogen-bond donors (Lipinski definition) is 2. The quantitative estimate of drug-likeness (QED) is 0.266. The Balaban J connectivity index is 1.74. The number of anilines is 2. The second-order valence-corrected chi connectivity index (χ2v) is 8.23. The summed E-state index contributed by atoms with van der Waals surface area (Å²) in [7, 11) is 1.56. The summed E-state index contributed by atoms with van der Waals surface area (Å²) in [5, 5.41) is 15.1. The maximum absolute atomic E-state index is 12.6. The van der Waals surface area contributed by atoms with Crippen molar-refractivity contribution in [3.05, 3.63) is 82.4 Å². The zero-order valence-corrected chi connectivity index (χ0v) is 21.4. The van der Waals surface area contributed by atoms with Crippen LogP contribution in [-0.4, -0.2) is 32.1 Å². The Hall–Kier alpha value is -4.48. The predicted molar refractivity (Wildman–Crippen MR) is 143 cm³/mol. The van der Waals surface area contributed by atoms with Crippen molar-refractivity contribution in [1.82, 2.24) is 0 Å². The number of carbonyl (C=O) groups is 2. The first-order valence-corrected chi connectivity index (χ1v) is 11.7. The van der Waals surface area contributed by atoms with Crippen LogP contribution in [0, 0.1) is 18.3 Å². The minimum absolute atomic E-state index is 0.119. The van der Waals surface area contributed by atoms with E-state index in [9.17, 15) is 14.9 Å². The summed E-state index contributed by atoms with van der Waals surface area (Å²) in [5.41, 5.74) is 2.54. The zero-order chi connectivity index (χ0) is 26.8. The molecule has 190 valence electrons. The summed E-state index contributed by atoms with van der Waals surface area (Å²) in [5.74, 6) is 0.162. The van der Waals surface area contributed by atoms with E-state index in [-0.39, 0.29) is 28.7 Å². The number of benzene rings is 3. The molecule has 0 unspecified atom stereocenters. The molecule has 3 aromatic rings. The average Bonchev–Trinajstić information content (AvgIpc) is 2.88. The van der Waals surface area contributed by atoms with Crippen LogP contribution in [0.2, 0.25) is 5.02 Å². The minimum Gasteiger partial charge on any atom is -0.497 e. The summed E-state index contributed by atoms with van der Waals surface area (Å²) in [6.07, 6.45) is 1.40. The van der Waals surface area contributed by atoms with Crippen molar-refractivity contribution in [3.63, 3.8) is 0 Å². The molecular formula is C28H26ClN3O5. The molecule has 0 aliphatic carbocycles. The molecule has 0 saturated heterocycles. The highest BCUT2D eigenvalue weighted by atomic mass is 35.5. The van der Waals surface area contributed by atoms with Crippen LogP contribution < -0.4 is 24.8 Å². The first-order valence-electron chi connectivity index (χ1n) is 11.4. The van der Waals surface area contributed by atoms with E-state index in [4.69, 9.17) is 25.8 Å². The molecule has 0 radical (unpaired) electrons. The van der Waals surface area contributed by atoms with E-state index in [1.165, 1.54) is 12.1 Å². The average molecular weight is 520 g/mol. The van der Waals surface area contributed by atoms with E-state index < -0.39 is 11.8 Å². The van der Waals surface area contributed by atoms with Gasteiger partial charge in [-0.2, -0.15) is 5.26 Å². The largest absolute Gasteiger partial charge is 0.497 e. The SMILES string of the molecule is CCOc1cc(/C=C(/C#N)C(=O)Nc2ccc(C)cc2)cc(Cl)c1OCC(=O)Nc1ccc(OC)cc1. The van der Waals surface area contributed by atoms with Crippen LogP contribution in [0.3, 0.4) is 0 Å². The van der Waals surface area contributed by atoms with Gasteiger partial charge < -0.3 is 24.8 Å². The van der Waals surface area contributed by atoms with Gasteiger partial charge in [0.25, 0.3) is 11.8 Å². The third-order valence-corrected chi connectivity index (χ3v) is 5.32. The van der Waals surface area contributed by atoms with Gasteiger partial charge >= 0.3 is 0 Å². The van der Waals surface area contributed by atoms with Crippen LogP contribution in [0.5, 0.6) is 17.2 Å². The van der Waals surface area contributed by atoms with Gasteiger partial charge in [-0.15, -0.1) is 0 Å². The van der Waals surface area contributed by atoms with Gasteiger partial charge in [-0.05, 0) is 74.0 Å². The molecule has 0 atom stereocenters. The first kappa shape index (κ1) is 27.1. The Morgan fingerprint density at radius 2 is 1.65 bits per heavy atom. The highest BCUT2D eigenvalue weighted by Gasteiger charge is 2.16. The highest BCUT2D eigenvalue weighted by Crippen LogP contribution is 2.37. The van der Waals surface area contributed by atoms with Crippen LogP contribution in [0.4, 0.5) is 11.4 Å². The number of nitriles is 1. The molecule has 0 saturated carbocycles. The maximum atomic E-state index is 12.6. The highest BCUT2D eigenvalue weighted by molar-refractivity contribution is 6.32. The molecule has 37 heavy (non-hydrogen) atoms. The van der Waals surface area contributed by atoms with Gasteiger partial charge in [-0.3, -0.25) is 9.59 Å². The number of nitrogens with zero attached hydrogens (tertiary/aromatic N) is 1. The van der Waals surface area contributed by atoms with Crippen LogP contribution in [-0.2, 0) is 9.59 Å². The molecule has 2 N–H and O–H groups in total. The standard InChI is InChI=1S/C28H26ClN3O5/c1-4-36-25-15-19(13-20(16-30)28(34)32-22-7-5-18(2)6-8-22)14-24(29)27(25)37-17-26(33)31-21-9-11-23(35-3)12-10-21/h5-15H,4,17H2,1-3H3,(H,31,33)(H,32,34)/b20-13-. The molecule has 0 aliphatic rings. The Morgan fingerprint density at radius 3 is 2.27 bits per heavy atom. The zero-order valence-electron chi connectivity index (χ0n) is 20.6. The van der Waals surface area contributed by atoms with Crippen LogP contribution >= 0.6 is 11.6 Å². The van der Waals surface area contributed by atoms with Crippen molar-refractivity contribution >= 4 is 40.9 Å². The molecule has 0 aromatic heterocycles. The van der Waals surface area contributed by atoms with E-state index in [1.807, 2.05) is 25.1 Å². The predicted octanol–water partition coefficient (Wildman–Crippen LogP) is 5.62. The van der Waals surface area contributed by atoms with Crippen molar-refractivity contribution in [2.45, 2.75) is 13.8 Å². The van der Waals surface area contributed by atoms with Gasteiger partial charge in [-0.25, -0.2) is 0 Å². The van der Waals surface area contributed by atoms with Crippen molar-refractivity contribution in [3.8, 4) is 23.3 Å². The van der Waals surface area contributed by atoms with E-state index in [1.54, 1.807) is 56.5 Å². The van der Waals surface area contributed by atoms with Crippen molar-refractivity contribution in [2.75, 3.05) is 31.0 Å². The van der Waals surface area contributed by atoms with Crippen molar-refractivity contribution in [2.24, 2.45) is 0 Å². The van der Waals surface area contributed by atoms with Gasteiger partial charge in [0.05, 0.1) is 18.7 Å². The summed E-state index contributed by atoms with van der Waals surface area (Å²) >= 11 is 6.43. The Bertz CT molecular complexity index is 1330. The molecule has 8 nitrogen and oxygen atoms in total. The number of ether oxygens (including phenoxy) is 3. The third kappa shape index (κ3) is 7.75. The molecular weight excluding hydrogens is 494 g/mol. The lowest BCUT2D eigenvalue weighted by molar-refractivity contribution is -0.118. The normalized spacial score (nSPS) is 10.7. The van der Waals surface area contributed by atoms with Gasteiger partial charge in [0.2, 0.25) is 0 Å². The van der Waals surface area contributed by atoms with E-state index in [0.29, 0.717) is 29.3 Å². The van der Waals surface area contributed by atoms with Gasteiger partial charge in [-0.1, -0.05) is 29.3 Å². The molecule has 0 spiro atoms. The van der Waals surface area contributed by atoms with Crippen molar-refractivity contribution in [1.29, 1.82) is 5.26 Å². The first-order chi connectivity index (χ1) is 17.8. The number of nitrogens with one attached hydrogen (secondary N) is 2. The maximum Gasteiger partial charge on any atom is 0.266 e. The second-order valence-electron chi connectivity index (χ2n) is 7.82. The number of amides is 2. The summed E-state index contributed by atoms with van der Waals surface area (Å²) in [6, 6.07) is 19.1. The number of rotatable bonds is 10. The van der Waals surface area contributed by atoms with Crippen LogP contribution in [0.25, 0.3) is 6.08 Å². The van der Waals surface area contributed by atoms with Crippen LogP contribution in [0.1, 0.15) is 18.1 Å². The molecule has 3 rings (SSSR count). The second kappa shape index (κ2) is 13.0. The smallest absolute Gasteiger partial charge is 0.266 e. The van der Waals surface area contributed by atoms with Crippen molar-refractivity contribution < 1.29 is 23.8 Å². The molecule has 2 amide bonds.